The van der Waals surface area contributed by atoms with Crippen LogP contribution in [0.25, 0.3) is 0 Å². The van der Waals surface area contributed by atoms with Gasteiger partial charge in [0.15, 0.2) is 0 Å². The minimum Gasteiger partial charge on any atom is -0.353 e. The Labute approximate surface area is 176 Å². The fourth-order valence-electron chi connectivity index (χ4n) is 3.76. The predicted molar refractivity (Wildman–Crippen MR) is 116 cm³/mol. The summed E-state index contributed by atoms with van der Waals surface area (Å²) in [6.07, 6.45) is 8.20. The number of amides is 2. The number of aryl methyl sites for hydroxylation is 2. The molecule has 0 saturated heterocycles. The average molecular weight is 411 g/mol. The summed E-state index contributed by atoms with van der Waals surface area (Å²) in [5, 5.41) is 10.0. The topological polar surface area (TPSA) is 93.1 Å². The molecule has 1 aliphatic rings. The first kappa shape index (κ1) is 21.7. The summed E-state index contributed by atoms with van der Waals surface area (Å²) >= 11 is 0. The second-order valence-electron chi connectivity index (χ2n) is 7.96. The Balaban J connectivity index is 1.57. The van der Waals surface area contributed by atoms with Gasteiger partial charge in [-0.05, 0) is 43.5 Å². The number of benzene rings is 1. The number of aromatic nitrogens is 2. The second kappa shape index (κ2) is 10.7. The molecular formula is C23H30N4O3. The number of carbonyl (C=O) groups is 2. The molecule has 1 aromatic heterocycles. The van der Waals surface area contributed by atoms with Gasteiger partial charge in [0.2, 0.25) is 5.91 Å². The van der Waals surface area contributed by atoms with Crippen molar-refractivity contribution in [2.45, 2.75) is 70.9 Å². The minimum absolute atomic E-state index is 0.0797. The normalized spacial score (nSPS) is 15.1. The zero-order valence-electron chi connectivity index (χ0n) is 17.5. The van der Waals surface area contributed by atoms with Gasteiger partial charge < -0.3 is 10.6 Å². The number of hydrogen-bond donors (Lipinski definition) is 2. The van der Waals surface area contributed by atoms with Crippen molar-refractivity contribution in [1.29, 1.82) is 0 Å². The minimum atomic E-state index is -0.395. The van der Waals surface area contributed by atoms with Gasteiger partial charge in [-0.2, -0.15) is 5.10 Å². The molecule has 0 spiro atoms. The molecule has 1 aliphatic carbocycles. The summed E-state index contributed by atoms with van der Waals surface area (Å²) in [6.45, 7) is 2.08. The third kappa shape index (κ3) is 6.54. The molecule has 1 aromatic carbocycles. The van der Waals surface area contributed by atoms with Crippen LogP contribution in [0.5, 0.6) is 0 Å². The lowest BCUT2D eigenvalue weighted by Gasteiger charge is -2.21. The molecule has 1 heterocycles. The zero-order chi connectivity index (χ0) is 21.3. The van der Waals surface area contributed by atoms with E-state index in [0.29, 0.717) is 5.69 Å². The molecule has 7 nitrogen and oxygen atoms in total. The van der Waals surface area contributed by atoms with Crippen molar-refractivity contribution in [1.82, 2.24) is 15.1 Å². The number of anilines is 1. The fraction of sp³-hybridized carbons (Fsp3) is 0.478. The van der Waals surface area contributed by atoms with Crippen LogP contribution >= 0.6 is 0 Å². The molecule has 3 rings (SSSR count). The molecule has 160 valence electrons. The zero-order valence-corrected chi connectivity index (χ0v) is 17.5. The van der Waals surface area contributed by atoms with Gasteiger partial charge in [-0.15, -0.1) is 0 Å². The third-order valence-corrected chi connectivity index (χ3v) is 5.40. The van der Waals surface area contributed by atoms with E-state index in [9.17, 15) is 14.4 Å². The SMILES string of the molecule is Cc1cccc(NC(=O)c2ccc(=O)n(CCC(=O)NC3CCCCCCC3)n2)c1. The molecule has 30 heavy (non-hydrogen) atoms. The van der Waals surface area contributed by atoms with Crippen molar-refractivity contribution >= 4 is 17.5 Å². The first-order chi connectivity index (χ1) is 14.5. The van der Waals surface area contributed by atoms with E-state index in [1.807, 2.05) is 25.1 Å². The summed E-state index contributed by atoms with van der Waals surface area (Å²) in [5.41, 5.74) is 1.50. The maximum atomic E-state index is 12.5. The summed E-state index contributed by atoms with van der Waals surface area (Å²) in [6, 6.07) is 10.4. The first-order valence-electron chi connectivity index (χ1n) is 10.8. The Morgan fingerprint density at radius 2 is 1.80 bits per heavy atom. The largest absolute Gasteiger partial charge is 0.353 e. The quantitative estimate of drug-likeness (QED) is 0.763. The molecule has 1 saturated carbocycles. The maximum absolute atomic E-state index is 12.5. The highest BCUT2D eigenvalue weighted by Crippen LogP contribution is 2.17. The Bertz CT molecular complexity index is 930. The van der Waals surface area contributed by atoms with E-state index in [4.69, 9.17) is 0 Å². The molecule has 0 radical (unpaired) electrons. The molecule has 0 atom stereocenters. The molecule has 0 bridgehead atoms. The molecule has 0 aliphatic heterocycles. The standard InChI is InChI=1S/C23H30N4O3/c1-17-8-7-11-19(16-17)25-23(30)20-12-13-22(29)27(26-20)15-14-21(28)24-18-9-5-3-2-4-6-10-18/h7-8,11-13,16,18H,2-6,9-10,14-15H2,1H3,(H,24,28)(H,25,30). The highest BCUT2D eigenvalue weighted by molar-refractivity contribution is 6.02. The van der Waals surface area contributed by atoms with Gasteiger partial charge in [-0.25, -0.2) is 4.68 Å². The fourth-order valence-corrected chi connectivity index (χ4v) is 3.76. The third-order valence-electron chi connectivity index (χ3n) is 5.40. The Hall–Kier alpha value is -2.96. The van der Waals surface area contributed by atoms with Gasteiger partial charge in [0.25, 0.3) is 11.5 Å². The smallest absolute Gasteiger partial charge is 0.276 e. The van der Waals surface area contributed by atoms with E-state index in [-0.39, 0.29) is 36.2 Å². The van der Waals surface area contributed by atoms with Crippen molar-refractivity contribution in [3.8, 4) is 0 Å². The van der Waals surface area contributed by atoms with Crippen LogP contribution in [0.15, 0.2) is 41.2 Å². The first-order valence-corrected chi connectivity index (χ1v) is 10.8. The Morgan fingerprint density at radius 1 is 1.07 bits per heavy atom. The molecule has 0 unspecified atom stereocenters. The van der Waals surface area contributed by atoms with Gasteiger partial charge >= 0.3 is 0 Å². The molecular weight excluding hydrogens is 380 g/mol. The summed E-state index contributed by atoms with van der Waals surface area (Å²) < 4.78 is 1.18. The van der Waals surface area contributed by atoms with Gasteiger partial charge in [0.1, 0.15) is 5.69 Å². The molecule has 1 fully saturated rings. The van der Waals surface area contributed by atoms with E-state index in [0.717, 1.165) is 31.2 Å². The van der Waals surface area contributed by atoms with E-state index >= 15 is 0 Å². The van der Waals surface area contributed by atoms with Crippen LogP contribution in [0, 0.1) is 6.92 Å². The van der Waals surface area contributed by atoms with Crippen molar-refractivity contribution in [3.05, 3.63) is 58.0 Å². The summed E-state index contributed by atoms with van der Waals surface area (Å²) in [4.78, 5) is 37.0. The van der Waals surface area contributed by atoms with Gasteiger partial charge in [0.05, 0.1) is 6.54 Å². The summed E-state index contributed by atoms with van der Waals surface area (Å²) in [7, 11) is 0. The van der Waals surface area contributed by atoms with Crippen LogP contribution in [0.2, 0.25) is 0 Å². The summed E-state index contributed by atoms with van der Waals surface area (Å²) in [5.74, 6) is -0.475. The van der Waals surface area contributed by atoms with Crippen LogP contribution in [-0.2, 0) is 11.3 Å². The second-order valence-corrected chi connectivity index (χ2v) is 7.96. The lowest BCUT2D eigenvalue weighted by molar-refractivity contribution is -0.122. The predicted octanol–water partition coefficient (Wildman–Crippen LogP) is 3.42. The van der Waals surface area contributed by atoms with Crippen LogP contribution in [0.3, 0.4) is 0 Å². The van der Waals surface area contributed by atoms with Gasteiger partial charge in [-0.3, -0.25) is 14.4 Å². The maximum Gasteiger partial charge on any atom is 0.276 e. The van der Waals surface area contributed by atoms with E-state index < -0.39 is 5.91 Å². The van der Waals surface area contributed by atoms with Crippen molar-refractivity contribution in [3.63, 3.8) is 0 Å². The highest BCUT2D eigenvalue weighted by atomic mass is 16.2. The van der Waals surface area contributed by atoms with Crippen LogP contribution in [-0.4, -0.2) is 27.6 Å². The monoisotopic (exact) mass is 410 g/mol. The van der Waals surface area contributed by atoms with Crippen LogP contribution in [0.1, 0.15) is 67.4 Å². The Morgan fingerprint density at radius 3 is 2.53 bits per heavy atom. The number of carbonyl (C=O) groups excluding carboxylic acids is 2. The lowest BCUT2D eigenvalue weighted by atomic mass is 9.96. The van der Waals surface area contributed by atoms with Crippen molar-refractivity contribution in [2.24, 2.45) is 0 Å². The van der Waals surface area contributed by atoms with Gasteiger partial charge in [0, 0.05) is 24.2 Å². The number of nitrogens with zero attached hydrogens (tertiary/aromatic N) is 2. The van der Waals surface area contributed by atoms with Crippen molar-refractivity contribution < 1.29 is 9.59 Å². The molecule has 2 amide bonds. The van der Waals surface area contributed by atoms with E-state index in [1.54, 1.807) is 6.07 Å². The number of hydrogen-bond acceptors (Lipinski definition) is 4. The lowest BCUT2D eigenvalue weighted by Crippen LogP contribution is -2.36. The van der Waals surface area contributed by atoms with Crippen molar-refractivity contribution in [2.75, 3.05) is 5.32 Å². The van der Waals surface area contributed by atoms with E-state index in [2.05, 4.69) is 15.7 Å². The average Bonchev–Trinajstić information content (AvgIpc) is 2.69. The van der Waals surface area contributed by atoms with Crippen LogP contribution < -0.4 is 16.2 Å². The number of nitrogens with one attached hydrogen (secondary N) is 2. The van der Waals surface area contributed by atoms with E-state index in [1.165, 1.54) is 36.1 Å². The highest BCUT2D eigenvalue weighted by Gasteiger charge is 2.15. The van der Waals surface area contributed by atoms with Crippen LogP contribution in [0.4, 0.5) is 5.69 Å². The Kier molecular flexibility index (Phi) is 7.76. The number of rotatable bonds is 6. The van der Waals surface area contributed by atoms with Gasteiger partial charge in [-0.1, -0.05) is 44.2 Å². The molecule has 2 N–H and O–H groups in total. The molecule has 7 heteroatoms. The molecule has 2 aromatic rings.